The summed E-state index contributed by atoms with van der Waals surface area (Å²) in [6.07, 6.45) is 1.79. The van der Waals surface area contributed by atoms with Crippen LogP contribution in [0.5, 0.6) is 0 Å². The van der Waals surface area contributed by atoms with Crippen molar-refractivity contribution in [3.05, 3.63) is 75.7 Å². The van der Waals surface area contributed by atoms with Crippen LogP contribution in [0.4, 0.5) is 0 Å². The Balaban J connectivity index is 1.75. The molecular formula is C21H18ClN3O2S. The molecule has 0 atom stereocenters. The lowest BCUT2D eigenvalue weighted by Crippen LogP contribution is -2.25. The van der Waals surface area contributed by atoms with Gasteiger partial charge in [0, 0.05) is 29.5 Å². The predicted octanol–water partition coefficient (Wildman–Crippen LogP) is 4.54. The summed E-state index contributed by atoms with van der Waals surface area (Å²) in [5, 5.41) is 2.85. The molecule has 2 aromatic carbocycles. The van der Waals surface area contributed by atoms with Gasteiger partial charge in [-0.15, -0.1) is 0 Å². The van der Waals surface area contributed by atoms with E-state index in [4.69, 9.17) is 21.3 Å². The molecule has 2 heterocycles. The molecule has 0 fully saturated rings. The Kier molecular flexibility index (Phi) is 5.62. The van der Waals surface area contributed by atoms with Gasteiger partial charge < -0.3 is 4.74 Å². The van der Waals surface area contributed by atoms with Crippen molar-refractivity contribution in [3.63, 3.8) is 0 Å². The Morgan fingerprint density at radius 2 is 2.04 bits per heavy atom. The second-order valence-corrected chi connectivity index (χ2v) is 7.67. The summed E-state index contributed by atoms with van der Waals surface area (Å²) < 4.78 is 6.85. The number of benzene rings is 2. The summed E-state index contributed by atoms with van der Waals surface area (Å²) in [4.78, 5) is 22.2. The Labute approximate surface area is 171 Å². The highest BCUT2D eigenvalue weighted by Crippen LogP contribution is 2.26. The number of nitrogens with zero attached hydrogens (tertiary/aromatic N) is 3. The number of methoxy groups -OCH3 is 1. The zero-order valence-corrected chi connectivity index (χ0v) is 16.8. The zero-order chi connectivity index (χ0) is 19.5. The van der Waals surface area contributed by atoms with Crippen LogP contribution in [0.2, 0.25) is 5.02 Å². The van der Waals surface area contributed by atoms with Crippen molar-refractivity contribution in [1.82, 2.24) is 14.5 Å². The highest BCUT2D eigenvalue weighted by Gasteiger charge is 2.13. The molecule has 0 aliphatic carbocycles. The fourth-order valence-corrected chi connectivity index (χ4v) is 4.27. The highest BCUT2D eigenvalue weighted by molar-refractivity contribution is 7.98. The largest absolute Gasteiger partial charge is 0.383 e. The number of hydrogen-bond acceptors (Lipinski definition) is 5. The van der Waals surface area contributed by atoms with Gasteiger partial charge >= 0.3 is 0 Å². The lowest BCUT2D eigenvalue weighted by atomic mass is 10.1. The number of aromatic nitrogens is 3. The monoisotopic (exact) mass is 411 g/mol. The van der Waals surface area contributed by atoms with E-state index in [2.05, 4.69) is 11.1 Å². The molecule has 0 saturated carbocycles. The highest BCUT2D eigenvalue weighted by atomic mass is 35.5. The third kappa shape index (κ3) is 3.76. The molecular weight excluding hydrogens is 394 g/mol. The summed E-state index contributed by atoms with van der Waals surface area (Å²) in [7, 11) is 1.62. The van der Waals surface area contributed by atoms with E-state index >= 15 is 0 Å². The van der Waals surface area contributed by atoms with Crippen LogP contribution in [0.15, 0.2) is 64.7 Å². The van der Waals surface area contributed by atoms with Crippen LogP contribution in [0.1, 0.15) is 5.56 Å². The first-order chi connectivity index (χ1) is 13.7. The molecule has 4 aromatic rings. The molecule has 0 amide bonds. The Morgan fingerprint density at radius 1 is 1.18 bits per heavy atom. The minimum absolute atomic E-state index is 0.0859. The van der Waals surface area contributed by atoms with Crippen molar-refractivity contribution in [2.24, 2.45) is 0 Å². The van der Waals surface area contributed by atoms with E-state index in [0.29, 0.717) is 40.0 Å². The van der Waals surface area contributed by atoms with Crippen molar-refractivity contribution in [2.75, 3.05) is 13.7 Å². The van der Waals surface area contributed by atoms with Crippen molar-refractivity contribution < 1.29 is 4.74 Å². The molecule has 0 spiro atoms. The van der Waals surface area contributed by atoms with Gasteiger partial charge in [0.25, 0.3) is 5.56 Å². The first kappa shape index (κ1) is 18.9. The van der Waals surface area contributed by atoms with Gasteiger partial charge in [-0.3, -0.25) is 14.3 Å². The van der Waals surface area contributed by atoms with Crippen LogP contribution in [-0.2, 0) is 17.0 Å². The van der Waals surface area contributed by atoms with Gasteiger partial charge in [-0.25, -0.2) is 4.98 Å². The zero-order valence-electron chi connectivity index (χ0n) is 15.3. The molecule has 0 N–H and O–H groups in total. The first-order valence-electron chi connectivity index (χ1n) is 8.82. The van der Waals surface area contributed by atoms with E-state index in [-0.39, 0.29) is 5.56 Å². The average Bonchev–Trinajstić information content (AvgIpc) is 2.71. The maximum absolute atomic E-state index is 13.0. The Morgan fingerprint density at radius 3 is 2.89 bits per heavy atom. The smallest absolute Gasteiger partial charge is 0.262 e. The van der Waals surface area contributed by atoms with Crippen LogP contribution < -0.4 is 5.56 Å². The maximum atomic E-state index is 13.0. The molecule has 0 aliphatic rings. The molecule has 0 unspecified atom stereocenters. The maximum Gasteiger partial charge on any atom is 0.262 e. The van der Waals surface area contributed by atoms with Gasteiger partial charge in [0.2, 0.25) is 0 Å². The number of para-hydroxylation sites is 1. The topological polar surface area (TPSA) is 57.0 Å². The first-order valence-corrected chi connectivity index (χ1v) is 10.2. The number of ether oxygens (including phenoxy) is 1. The number of rotatable bonds is 6. The standard InChI is InChI=1S/C21H18ClN3O2S/c1-27-11-10-25-20(26)17-8-7-16(22)12-18(17)24-21(25)28-13-15-5-2-4-14-6-3-9-23-19(14)15/h2-9,12H,10-11,13H2,1H3. The quantitative estimate of drug-likeness (QED) is 0.344. The number of halogens is 1. The summed E-state index contributed by atoms with van der Waals surface area (Å²) in [5.41, 5.74) is 2.58. The van der Waals surface area contributed by atoms with Gasteiger partial charge in [0.05, 0.1) is 29.6 Å². The second kappa shape index (κ2) is 8.31. The van der Waals surface area contributed by atoms with Crippen LogP contribution in [0, 0.1) is 0 Å². The summed E-state index contributed by atoms with van der Waals surface area (Å²) in [6, 6.07) is 15.2. The van der Waals surface area contributed by atoms with E-state index < -0.39 is 0 Å². The summed E-state index contributed by atoms with van der Waals surface area (Å²) in [5.74, 6) is 0.653. The molecule has 5 nitrogen and oxygen atoms in total. The van der Waals surface area contributed by atoms with Gasteiger partial charge in [0.1, 0.15) is 0 Å². The normalized spacial score (nSPS) is 11.4. The molecule has 0 aliphatic heterocycles. The second-order valence-electron chi connectivity index (χ2n) is 6.29. The van der Waals surface area contributed by atoms with E-state index in [1.54, 1.807) is 36.1 Å². The van der Waals surface area contributed by atoms with Crippen molar-refractivity contribution in [3.8, 4) is 0 Å². The molecule has 142 valence electrons. The Bertz CT molecular complexity index is 1200. The van der Waals surface area contributed by atoms with Gasteiger partial charge in [0.15, 0.2) is 5.16 Å². The minimum Gasteiger partial charge on any atom is -0.383 e. The molecule has 0 bridgehead atoms. The predicted molar refractivity (Wildman–Crippen MR) is 114 cm³/mol. The average molecular weight is 412 g/mol. The number of fused-ring (bicyclic) bond motifs is 2. The van der Waals surface area contributed by atoms with Crippen molar-refractivity contribution in [1.29, 1.82) is 0 Å². The SMILES string of the molecule is COCCn1c(SCc2cccc3cccnc23)nc2cc(Cl)ccc2c1=O. The number of hydrogen-bond donors (Lipinski definition) is 0. The third-order valence-electron chi connectivity index (χ3n) is 4.47. The lowest BCUT2D eigenvalue weighted by molar-refractivity contribution is 0.183. The summed E-state index contributed by atoms with van der Waals surface area (Å²) >= 11 is 7.61. The molecule has 7 heteroatoms. The van der Waals surface area contributed by atoms with E-state index in [1.807, 2.05) is 24.3 Å². The van der Waals surface area contributed by atoms with E-state index in [0.717, 1.165) is 16.5 Å². The van der Waals surface area contributed by atoms with Crippen LogP contribution >= 0.6 is 23.4 Å². The molecule has 2 aromatic heterocycles. The summed E-state index contributed by atoms with van der Waals surface area (Å²) in [6.45, 7) is 0.876. The molecule has 4 rings (SSSR count). The van der Waals surface area contributed by atoms with Crippen molar-refractivity contribution >= 4 is 45.2 Å². The van der Waals surface area contributed by atoms with Crippen LogP contribution in [0.3, 0.4) is 0 Å². The fourth-order valence-electron chi connectivity index (χ4n) is 3.09. The number of thioether (sulfide) groups is 1. The van der Waals surface area contributed by atoms with Crippen molar-refractivity contribution in [2.45, 2.75) is 17.5 Å². The fraction of sp³-hybridized carbons (Fsp3) is 0.190. The third-order valence-corrected chi connectivity index (χ3v) is 5.73. The molecule has 0 saturated heterocycles. The van der Waals surface area contributed by atoms with Crippen LogP contribution in [-0.4, -0.2) is 28.3 Å². The van der Waals surface area contributed by atoms with Gasteiger partial charge in [-0.05, 0) is 29.8 Å². The van der Waals surface area contributed by atoms with Crippen LogP contribution in [0.25, 0.3) is 21.8 Å². The minimum atomic E-state index is -0.0859. The van der Waals surface area contributed by atoms with Gasteiger partial charge in [-0.2, -0.15) is 0 Å². The Hall–Kier alpha value is -2.41. The van der Waals surface area contributed by atoms with Gasteiger partial charge in [-0.1, -0.05) is 47.6 Å². The molecule has 28 heavy (non-hydrogen) atoms. The number of pyridine rings is 1. The van der Waals surface area contributed by atoms with E-state index in [9.17, 15) is 4.79 Å². The molecule has 0 radical (unpaired) electrons. The van der Waals surface area contributed by atoms with E-state index in [1.165, 1.54) is 11.8 Å². The lowest BCUT2D eigenvalue weighted by Gasteiger charge is -2.13.